The van der Waals surface area contributed by atoms with Gasteiger partial charge in [-0.05, 0) is 31.4 Å². The fraction of sp³-hybridized carbons (Fsp3) is 0.312. The molecule has 1 aliphatic rings. The molecule has 124 valence electrons. The summed E-state index contributed by atoms with van der Waals surface area (Å²) in [5.41, 5.74) is 1.66. The van der Waals surface area contributed by atoms with Gasteiger partial charge in [0.05, 0.1) is 12.0 Å². The maximum atomic E-state index is 13.9. The lowest BCUT2D eigenvalue weighted by Gasteiger charge is -2.23. The summed E-state index contributed by atoms with van der Waals surface area (Å²) in [6.45, 7) is 0.743. The number of hydrogen-bond donors (Lipinski definition) is 1. The maximum absolute atomic E-state index is 13.9. The largest absolute Gasteiger partial charge is 0.358 e. The van der Waals surface area contributed by atoms with E-state index in [1.807, 2.05) is 4.57 Å². The van der Waals surface area contributed by atoms with Gasteiger partial charge in [0.2, 0.25) is 0 Å². The molecule has 1 saturated heterocycles. The minimum atomic E-state index is -0.339. The third-order valence-corrected chi connectivity index (χ3v) is 4.47. The van der Waals surface area contributed by atoms with Crippen LogP contribution in [-0.2, 0) is 4.74 Å². The topological polar surface area (TPSA) is 64.9 Å². The molecule has 0 radical (unpaired) electrons. The van der Waals surface area contributed by atoms with Crippen LogP contribution in [0.4, 0.5) is 15.9 Å². The molecule has 1 aromatic carbocycles. The molecule has 0 bridgehead atoms. The Morgan fingerprint density at radius 3 is 2.92 bits per heavy atom. The molecule has 8 heteroatoms. The second-order valence-corrected chi connectivity index (χ2v) is 6.56. The first-order chi connectivity index (χ1) is 11.7. The van der Waals surface area contributed by atoms with Gasteiger partial charge in [-0.1, -0.05) is 12.1 Å². The number of rotatable bonds is 3. The summed E-state index contributed by atoms with van der Waals surface area (Å²) in [6, 6.07) is 6.48. The van der Waals surface area contributed by atoms with E-state index >= 15 is 0 Å². The Hall–Kier alpha value is -1.81. The van der Waals surface area contributed by atoms with Gasteiger partial charge in [0.1, 0.15) is 12.0 Å². The van der Waals surface area contributed by atoms with Crippen molar-refractivity contribution in [1.29, 1.82) is 0 Å². The molecule has 1 fully saturated rings. The Balaban J connectivity index is 1.76. The van der Waals surface area contributed by atoms with Crippen LogP contribution in [0.2, 0.25) is 0 Å². The van der Waals surface area contributed by atoms with E-state index in [1.54, 1.807) is 24.5 Å². The van der Waals surface area contributed by atoms with Crippen molar-refractivity contribution in [1.82, 2.24) is 19.5 Å². The van der Waals surface area contributed by atoms with E-state index in [-0.39, 0.29) is 12.0 Å². The molecular weight excluding hydrogens is 424 g/mol. The SMILES string of the molecule is Fc1ccccc1Nc1nc(I)nc2c1ncn2C1CCCCO1. The second-order valence-electron chi connectivity index (χ2n) is 5.59. The van der Waals surface area contributed by atoms with Crippen LogP contribution in [0.15, 0.2) is 30.6 Å². The lowest BCUT2D eigenvalue weighted by atomic mass is 10.2. The van der Waals surface area contributed by atoms with Gasteiger partial charge in [0.15, 0.2) is 20.8 Å². The first-order valence-corrected chi connectivity index (χ1v) is 8.83. The van der Waals surface area contributed by atoms with E-state index in [4.69, 9.17) is 4.74 Å². The van der Waals surface area contributed by atoms with Crippen molar-refractivity contribution in [3.8, 4) is 0 Å². The number of fused-ring (bicyclic) bond motifs is 1. The van der Waals surface area contributed by atoms with Gasteiger partial charge in [-0.2, -0.15) is 0 Å². The van der Waals surface area contributed by atoms with Crippen LogP contribution in [0, 0.1) is 9.65 Å². The lowest BCUT2D eigenvalue weighted by Crippen LogP contribution is -2.18. The third-order valence-electron chi connectivity index (χ3n) is 3.99. The van der Waals surface area contributed by atoms with E-state index in [9.17, 15) is 4.39 Å². The van der Waals surface area contributed by atoms with Gasteiger partial charge in [0.25, 0.3) is 0 Å². The van der Waals surface area contributed by atoms with E-state index < -0.39 is 0 Å². The number of anilines is 2. The van der Waals surface area contributed by atoms with Crippen molar-refractivity contribution in [2.45, 2.75) is 25.5 Å². The van der Waals surface area contributed by atoms with Crippen molar-refractivity contribution in [3.63, 3.8) is 0 Å². The molecule has 0 spiro atoms. The fourth-order valence-corrected chi connectivity index (χ4v) is 3.29. The fourth-order valence-electron chi connectivity index (χ4n) is 2.82. The number of benzene rings is 1. The van der Waals surface area contributed by atoms with Crippen molar-refractivity contribution in [2.24, 2.45) is 0 Å². The van der Waals surface area contributed by atoms with Crippen molar-refractivity contribution >= 4 is 45.3 Å². The Labute approximate surface area is 151 Å². The van der Waals surface area contributed by atoms with Crippen LogP contribution < -0.4 is 5.32 Å². The van der Waals surface area contributed by atoms with Crippen molar-refractivity contribution in [3.05, 3.63) is 40.2 Å². The number of ether oxygens (including phenoxy) is 1. The molecule has 1 unspecified atom stereocenters. The highest BCUT2D eigenvalue weighted by Gasteiger charge is 2.21. The average molecular weight is 439 g/mol. The van der Waals surface area contributed by atoms with Crippen LogP contribution in [0.3, 0.4) is 0 Å². The van der Waals surface area contributed by atoms with E-state index in [0.29, 0.717) is 26.5 Å². The van der Waals surface area contributed by atoms with E-state index in [0.717, 1.165) is 25.9 Å². The van der Waals surface area contributed by atoms with Crippen LogP contribution in [-0.4, -0.2) is 26.1 Å². The van der Waals surface area contributed by atoms with Crippen LogP contribution in [0.5, 0.6) is 0 Å². The molecule has 2 aromatic heterocycles. The van der Waals surface area contributed by atoms with Crippen LogP contribution in [0.25, 0.3) is 11.2 Å². The zero-order valence-electron chi connectivity index (χ0n) is 12.7. The summed E-state index contributed by atoms with van der Waals surface area (Å²) < 4.78 is 22.2. The molecule has 0 amide bonds. The normalized spacial score (nSPS) is 18.0. The Morgan fingerprint density at radius 2 is 2.12 bits per heavy atom. The quantitative estimate of drug-likeness (QED) is 0.494. The van der Waals surface area contributed by atoms with Gasteiger partial charge in [-0.3, -0.25) is 4.57 Å². The molecule has 6 nitrogen and oxygen atoms in total. The number of para-hydroxylation sites is 1. The summed E-state index contributed by atoms with van der Waals surface area (Å²) in [5.74, 6) is 0.151. The third kappa shape index (κ3) is 2.95. The molecule has 3 aromatic rings. The van der Waals surface area contributed by atoms with Gasteiger partial charge in [-0.15, -0.1) is 0 Å². The molecule has 1 aliphatic heterocycles. The Bertz CT molecular complexity index is 878. The van der Waals surface area contributed by atoms with Crippen LogP contribution in [0.1, 0.15) is 25.5 Å². The van der Waals surface area contributed by atoms with Crippen molar-refractivity contribution < 1.29 is 9.13 Å². The number of hydrogen-bond acceptors (Lipinski definition) is 5. The predicted octanol–water partition coefficient (Wildman–Crippen LogP) is 4.01. The molecule has 0 saturated carbocycles. The zero-order valence-corrected chi connectivity index (χ0v) is 14.9. The molecular formula is C16H15FIN5O. The summed E-state index contributed by atoms with van der Waals surface area (Å²) in [5, 5.41) is 3.02. The summed E-state index contributed by atoms with van der Waals surface area (Å²) in [6.07, 6.45) is 4.79. The predicted molar refractivity (Wildman–Crippen MR) is 96.6 cm³/mol. The maximum Gasteiger partial charge on any atom is 0.194 e. The minimum absolute atomic E-state index is 0.0595. The molecule has 1 atom stereocenters. The number of nitrogens with one attached hydrogen (secondary N) is 1. The zero-order chi connectivity index (χ0) is 16.5. The van der Waals surface area contributed by atoms with Crippen molar-refractivity contribution in [2.75, 3.05) is 11.9 Å². The highest BCUT2D eigenvalue weighted by atomic mass is 127. The molecule has 24 heavy (non-hydrogen) atoms. The first-order valence-electron chi connectivity index (χ1n) is 7.75. The molecule has 1 N–H and O–H groups in total. The number of halogens is 2. The van der Waals surface area contributed by atoms with E-state index in [2.05, 4.69) is 42.9 Å². The summed E-state index contributed by atoms with van der Waals surface area (Å²) in [4.78, 5) is 13.3. The first kappa shape index (κ1) is 15.7. The van der Waals surface area contributed by atoms with Gasteiger partial charge < -0.3 is 10.1 Å². The number of aromatic nitrogens is 4. The Kier molecular flexibility index (Phi) is 4.31. The van der Waals surface area contributed by atoms with Gasteiger partial charge in [-0.25, -0.2) is 19.3 Å². The Morgan fingerprint density at radius 1 is 1.25 bits per heavy atom. The smallest absolute Gasteiger partial charge is 0.194 e. The van der Waals surface area contributed by atoms with Gasteiger partial charge >= 0.3 is 0 Å². The molecule has 3 heterocycles. The number of nitrogens with zero attached hydrogens (tertiary/aromatic N) is 4. The summed E-state index contributed by atoms with van der Waals surface area (Å²) in [7, 11) is 0. The van der Waals surface area contributed by atoms with Gasteiger partial charge in [0, 0.05) is 29.2 Å². The molecule has 4 rings (SSSR count). The second kappa shape index (κ2) is 6.60. The monoisotopic (exact) mass is 439 g/mol. The molecule has 0 aliphatic carbocycles. The van der Waals surface area contributed by atoms with E-state index in [1.165, 1.54) is 6.07 Å². The highest BCUT2D eigenvalue weighted by molar-refractivity contribution is 14.1. The number of imidazole rings is 1. The van der Waals surface area contributed by atoms with Crippen LogP contribution >= 0.6 is 22.6 Å². The average Bonchev–Trinajstić information content (AvgIpc) is 3.01. The lowest BCUT2D eigenvalue weighted by molar-refractivity contribution is -0.0298. The highest BCUT2D eigenvalue weighted by Crippen LogP contribution is 2.29. The summed E-state index contributed by atoms with van der Waals surface area (Å²) >= 11 is 2.05. The minimum Gasteiger partial charge on any atom is -0.358 e. The standard InChI is InChI=1S/C16H15FIN5O/c17-10-5-1-2-6-11(10)20-14-13-15(22-16(18)21-14)23(9-19-13)12-7-3-4-8-24-12/h1-2,5-6,9,12H,3-4,7-8H2,(H,20,21,22).